The van der Waals surface area contributed by atoms with Gasteiger partial charge in [0.15, 0.2) is 0 Å². The summed E-state index contributed by atoms with van der Waals surface area (Å²) in [5.74, 6) is -0.741. The van der Waals surface area contributed by atoms with Crippen molar-refractivity contribution in [2.24, 2.45) is 0 Å². The zero-order valence-corrected chi connectivity index (χ0v) is 14.4. The number of aliphatic carboxylic acids is 1. The number of nitrogens with one attached hydrogen (secondary N) is 1. The Balaban J connectivity index is 2.50. The lowest BCUT2D eigenvalue weighted by Crippen LogP contribution is -2.52. The van der Waals surface area contributed by atoms with Gasteiger partial charge in [-0.2, -0.15) is 0 Å². The number of carbonyl (C=O) groups is 2. The first kappa shape index (κ1) is 18.8. The van der Waals surface area contributed by atoms with E-state index in [4.69, 9.17) is 5.11 Å². The van der Waals surface area contributed by atoms with Crippen LogP contribution in [0, 0.1) is 0 Å². The first-order valence-electron chi connectivity index (χ1n) is 8.60. The van der Waals surface area contributed by atoms with Gasteiger partial charge in [-0.1, -0.05) is 25.7 Å². The molecule has 1 fully saturated rings. The van der Waals surface area contributed by atoms with E-state index < -0.39 is 5.97 Å². The summed E-state index contributed by atoms with van der Waals surface area (Å²) in [6, 6.07) is 0.369. The number of unbranched alkanes of at least 4 members (excludes halogenated alkanes) is 2. The second-order valence-corrected chi connectivity index (χ2v) is 7.37. The van der Waals surface area contributed by atoms with Crippen molar-refractivity contribution in [3.63, 3.8) is 0 Å². The second kappa shape index (κ2) is 9.01. The van der Waals surface area contributed by atoms with E-state index in [1.165, 1.54) is 19.3 Å². The highest BCUT2D eigenvalue weighted by molar-refractivity contribution is 5.75. The van der Waals surface area contributed by atoms with E-state index >= 15 is 0 Å². The van der Waals surface area contributed by atoms with Crippen molar-refractivity contribution in [1.29, 1.82) is 0 Å². The number of carbonyl (C=O) groups excluding carboxylic acids is 1. The van der Waals surface area contributed by atoms with Gasteiger partial charge >= 0.3 is 12.0 Å². The predicted molar refractivity (Wildman–Crippen MR) is 88.0 cm³/mol. The number of carboxylic acids is 1. The highest BCUT2D eigenvalue weighted by Gasteiger charge is 2.27. The first-order chi connectivity index (χ1) is 10.3. The highest BCUT2D eigenvalue weighted by atomic mass is 16.4. The summed E-state index contributed by atoms with van der Waals surface area (Å²) in [5.41, 5.74) is -0.229. The van der Waals surface area contributed by atoms with Crippen LogP contribution in [0.4, 0.5) is 4.79 Å². The molecular formula is C17H32N2O3. The smallest absolute Gasteiger partial charge is 0.318 e. The lowest BCUT2D eigenvalue weighted by molar-refractivity contribution is -0.137. The molecule has 0 unspecified atom stereocenters. The van der Waals surface area contributed by atoms with Crippen LogP contribution >= 0.6 is 0 Å². The van der Waals surface area contributed by atoms with Crippen LogP contribution in [0.15, 0.2) is 0 Å². The van der Waals surface area contributed by atoms with Crippen molar-refractivity contribution in [3.8, 4) is 0 Å². The summed E-state index contributed by atoms with van der Waals surface area (Å²) in [5, 5.41) is 11.7. The number of carboxylic acid groups (broad SMARTS) is 1. The molecule has 1 rings (SSSR count). The number of hydrogen-bond acceptors (Lipinski definition) is 2. The highest BCUT2D eigenvalue weighted by Crippen LogP contribution is 2.23. The summed E-state index contributed by atoms with van der Waals surface area (Å²) in [7, 11) is 0. The lowest BCUT2D eigenvalue weighted by Gasteiger charge is -2.36. The van der Waals surface area contributed by atoms with Crippen LogP contribution in [0.1, 0.15) is 78.6 Å². The quantitative estimate of drug-likeness (QED) is 0.703. The zero-order valence-electron chi connectivity index (χ0n) is 14.4. The average Bonchev–Trinajstić information content (AvgIpc) is 2.41. The summed E-state index contributed by atoms with van der Waals surface area (Å²) >= 11 is 0. The summed E-state index contributed by atoms with van der Waals surface area (Å²) < 4.78 is 0. The van der Waals surface area contributed by atoms with E-state index in [9.17, 15) is 9.59 Å². The fraction of sp³-hybridized carbons (Fsp3) is 0.882. The Bertz CT molecular complexity index is 357. The monoisotopic (exact) mass is 312 g/mol. The van der Waals surface area contributed by atoms with Crippen molar-refractivity contribution in [2.45, 2.75) is 90.1 Å². The average molecular weight is 312 g/mol. The molecule has 1 saturated carbocycles. The molecule has 0 radical (unpaired) electrons. The third kappa shape index (κ3) is 7.66. The number of urea groups is 1. The Morgan fingerprint density at radius 2 is 1.73 bits per heavy atom. The van der Waals surface area contributed by atoms with Gasteiger partial charge in [-0.15, -0.1) is 0 Å². The maximum absolute atomic E-state index is 12.6. The Labute approximate surface area is 134 Å². The first-order valence-corrected chi connectivity index (χ1v) is 8.60. The molecule has 1 aliphatic carbocycles. The molecule has 0 aliphatic heterocycles. The van der Waals surface area contributed by atoms with E-state index in [1.54, 1.807) is 0 Å². The molecule has 0 saturated heterocycles. The van der Waals surface area contributed by atoms with Crippen LogP contribution in [0.3, 0.4) is 0 Å². The summed E-state index contributed by atoms with van der Waals surface area (Å²) in [6.45, 7) is 6.72. The normalized spacial score (nSPS) is 16.3. The maximum atomic E-state index is 12.6. The van der Waals surface area contributed by atoms with Gasteiger partial charge in [0.25, 0.3) is 0 Å². The Morgan fingerprint density at radius 3 is 2.27 bits per heavy atom. The Morgan fingerprint density at radius 1 is 1.09 bits per heavy atom. The third-order valence-electron chi connectivity index (χ3n) is 4.05. The van der Waals surface area contributed by atoms with Gasteiger partial charge in [-0.3, -0.25) is 4.79 Å². The predicted octanol–water partition coefficient (Wildman–Crippen LogP) is 3.77. The number of hydrogen-bond donors (Lipinski definition) is 2. The summed E-state index contributed by atoms with van der Waals surface area (Å²) in [6.07, 6.45) is 8.49. The van der Waals surface area contributed by atoms with Crippen molar-refractivity contribution < 1.29 is 14.7 Å². The minimum atomic E-state index is -0.741. The van der Waals surface area contributed by atoms with Crippen molar-refractivity contribution >= 4 is 12.0 Å². The van der Waals surface area contributed by atoms with Crippen LogP contribution < -0.4 is 5.32 Å². The molecule has 0 bridgehead atoms. The molecule has 2 N–H and O–H groups in total. The number of rotatable bonds is 7. The van der Waals surface area contributed by atoms with Gasteiger partial charge in [-0.05, 0) is 46.5 Å². The third-order valence-corrected chi connectivity index (χ3v) is 4.05. The molecule has 0 atom stereocenters. The Kier molecular flexibility index (Phi) is 7.69. The molecule has 0 aromatic carbocycles. The zero-order chi connectivity index (χ0) is 16.6. The molecule has 5 heteroatoms. The molecule has 128 valence electrons. The number of amides is 2. The molecule has 0 spiro atoms. The van der Waals surface area contributed by atoms with Crippen LogP contribution in [-0.4, -0.2) is 40.1 Å². The van der Waals surface area contributed by atoms with Gasteiger partial charge in [0.05, 0.1) is 0 Å². The van der Waals surface area contributed by atoms with Crippen LogP contribution in [0.25, 0.3) is 0 Å². The lowest BCUT2D eigenvalue weighted by atomic mass is 9.94. The minimum absolute atomic E-state index is 0.0256. The largest absolute Gasteiger partial charge is 0.481 e. The van der Waals surface area contributed by atoms with Gasteiger partial charge in [0.1, 0.15) is 0 Å². The fourth-order valence-corrected chi connectivity index (χ4v) is 2.97. The molecule has 5 nitrogen and oxygen atoms in total. The molecule has 0 heterocycles. The van der Waals surface area contributed by atoms with Gasteiger partial charge < -0.3 is 15.3 Å². The van der Waals surface area contributed by atoms with Crippen molar-refractivity contribution in [1.82, 2.24) is 10.2 Å². The topological polar surface area (TPSA) is 69.6 Å². The van der Waals surface area contributed by atoms with Crippen LogP contribution in [0.5, 0.6) is 0 Å². The SMILES string of the molecule is CC(C)(C)NC(=O)N(CCCCCC(=O)O)C1CCCCC1. The molecule has 0 aromatic rings. The van der Waals surface area contributed by atoms with Gasteiger partial charge in [0, 0.05) is 24.5 Å². The van der Waals surface area contributed by atoms with Crippen molar-refractivity contribution in [3.05, 3.63) is 0 Å². The maximum Gasteiger partial charge on any atom is 0.318 e. The molecule has 22 heavy (non-hydrogen) atoms. The minimum Gasteiger partial charge on any atom is -0.481 e. The molecule has 0 aromatic heterocycles. The van der Waals surface area contributed by atoms with E-state index in [-0.39, 0.29) is 18.0 Å². The fourth-order valence-electron chi connectivity index (χ4n) is 2.97. The second-order valence-electron chi connectivity index (χ2n) is 7.37. The van der Waals surface area contributed by atoms with Gasteiger partial charge in [-0.25, -0.2) is 4.79 Å². The standard InChI is InChI=1S/C17H32N2O3/c1-17(2,3)18-16(22)19(14-10-6-4-7-11-14)13-9-5-8-12-15(20)21/h14H,4-13H2,1-3H3,(H,18,22)(H,20,21). The molecule has 2 amide bonds. The molecular weight excluding hydrogens is 280 g/mol. The van der Waals surface area contributed by atoms with Gasteiger partial charge in [0.2, 0.25) is 0 Å². The van der Waals surface area contributed by atoms with Crippen molar-refractivity contribution in [2.75, 3.05) is 6.54 Å². The van der Waals surface area contributed by atoms with E-state index in [1.807, 2.05) is 25.7 Å². The summed E-state index contributed by atoms with van der Waals surface area (Å²) in [4.78, 5) is 25.1. The van der Waals surface area contributed by atoms with E-state index in [2.05, 4.69) is 5.32 Å². The van der Waals surface area contributed by atoms with Crippen LogP contribution in [-0.2, 0) is 4.79 Å². The van der Waals surface area contributed by atoms with E-state index in [0.29, 0.717) is 12.5 Å². The Hall–Kier alpha value is -1.26. The van der Waals surface area contributed by atoms with E-state index in [0.717, 1.165) is 32.2 Å². The molecule has 1 aliphatic rings. The number of nitrogens with zero attached hydrogens (tertiary/aromatic N) is 1. The van der Waals surface area contributed by atoms with Crippen LogP contribution in [0.2, 0.25) is 0 Å².